The Morgan fingerprint density at radius 3 is 1.81 bits per heavy atom. The first kappa shape index (κ1) is 13.8. The van der Waals surface area contributed by atoms with Crippen LogP contribution >= 0.6 is 11.6 Å². The van der Waals surface area contributed by atoms with E-state index in [0.29, 0.717) is 5.02 Å². The molecule has 0 radical (unpaired) electrons. The van der Waals surface area contributed by atoms with Crippen LogP contribution in [-0.4, -0.2) is 10.9 Å². The van der Waals surface area contributed by atoms with Gasteiger partial charge in [0, 0.05) is 5.02 Å². The number of halogens is 1. The van der Waals surface area contributed by atoms with Crippen molar-refractivity contribution in [2.24, 2.45) is 0 Å². The summed E-state index contributed by atoms with van der Waals surface area (Å²) in [6.45, 7) is 0. The molecule has 0 unspecified atom stereocenters. The molecule has 0 saturated heterocycles. The summed E-state index contributed by atoms with van der Waals surface area (Å²) in [6, 6.07) is 15.2. The van der Waals surface area contributed by atoms with Crippen molar-refractivity contribution in [1.29, 1.82) is 0 Å². The summed E-state index contributed by atoms with van der Waals surface area (Å²) in [5.41, 5.74) is 1.61. The van der Waals surface area contributed by atoms with Gasteiger partial charge in [0.15, 0.2) is 5.78 Å². The second-order valence-electron chi connectivity index (χ2n) is 4.98. The molecule has 3 heteroatoms. The van der Waals surface area contributed by atoms with Crippen LogP contribution in [0.2, 0.25) is 5.02 Å². The summed E-state index contributed by atoms with van der Waals surface area (Å²) < 4.78 is 0. The van der Waals surface area contributed by atoms with Gasteiger partial charge < -0.3 is 5.11 Å². The monoisotopic (exact) mass is 296 g/mol. The lowest BCUT2D eigenvalue weighted by molar-refractivity contribution is -0.110. The highest BCUT2D eigenvalue weighted by Gasteiger charge is 2.25. The SMILES string of the molecule is O=C1C=CC(O)(c2ccc(-c3ccc(Cl)cc3)cc2)C=C1. The summed E-state index contributed by atoms with van der Waals surface area (Å²) in [5.74, 6) is -0.113. The van der Waals surface area contributed by atoms with E-state index in [1.54, 1.807) is 0 Å². The van der Waals surface area contributed by atoms with Gasteiger partial charge in [-0.05, 0) is 53.1 Å². The van der Waals surface area contributed by atoms with Gasteiger partial charge in [-0.25, -0.2) is 0 Å². The summed E-state index contributed by atoms with van der Waals surface area (Å²) >= 11 is 5.88. The van der Waals surface area contributed by atoms with Crippen LogP contribution in [0.4, 0.5) is 0 Å². The molecule has 0 aliphatic heterocycles. The van der Waals surface area contributed by atoms with Gasteiger partial charge in [0.05, 0.1) is 0 Å². The predicted molar refractivity (Wildman–Crippen MR) is 84.1 cm³/mol. The quantitative estimate of drug-likeness (QED) is 0.913. The molecular weight excluding hydrogens is 284 g/mol. The molecule has 0 spiro atoms. The molecule has 21 heavy (non-hydrogen) atoms. The number of allylic oxidation sites excluding steroid dienone is 2. The van der Waals surface area contributed by atoms with Gasteiger partial charge in [0.1, 0.15) is 5.60 Å². The average molecular weight is 297 g/mol. The lowest BCUT2D eigenvalue weighted by Crippen LogP contribution is -2.22. The van der Waals surface area contributed by atoms with Crippen molar-refractivity contribution >= 4 is 17.4 Å². The molecule has 0 atom stereocenters. The average Bonchev–Trinajstić information content (AvgIpc) is 2.51. The Bertz CT molecular complexity index is 709. The van der Waals surface area contributed by atoms with Gasteiger partial charge in [-0.15, -0.1) is 0 Å². The van der Waals surface area contributed by atoms with Crippen LogP contribution < -0.4 is 0 Å². The number of carbonyl (C=O) groups excluding carboxylic acids is 1. The molecule has 1 N–H and O–H groups in total. The van der Waals surface area contributed by atoms with E-state index >= 15 is 0 Å². The van der Waals surface area contributed by atoms with E-state index in [4.69, 9.17) is 11.6 Å². The molecule has 2 aromatic carbocycles. The number of aliphatic hydroxyl groups is 1. The van der Waals surface area contributed by atoms with Crippen molar-refractivity contribution in [2.75, 3.05) is 0 Å². The molecule has 0 heterocycles. The zero-order valence-corrected chi connectivity index (χ0v) is 11.9. The molecule has 3 rings (SSSR count). The van der Waals surface area contributed by atoms with Crippen molar-refractivity contribution in [2.45, 2.75) is 5.60 Å². The Labute approximate surface area is 128 Å². The number of benzene rings is 2. The third-order valence-corrected chi connectivity index (χ3v) is 3.78. The standard InChI is InChI=1S/C18H13ClO2/c19-16-7-3-14(4-8-16)13-1-5-15(6-2-13)18(21)11-9-17(20)10-12-18/h1-12,21H. The smallest absolute Gasteiger partial charge is 0.178 e. The maximum atomic E-state index is 11.2. The Kier molecular flexibility index (Phi) is 3.50. The highest BCUT2D eigenvalue weighted by Crippen LogP contribution is 2.29. The van der Waals surface area contributed by atoms with Gasteiger partial charge in [0.25, 0.3) is 0 Å². The van der Waals surface area contributed by atoms with Gasteiger partial charge in [0.2, 0.25) is 0 Å². The van der Waals surface area contributed by atoms with Gasteiger partial charge >= 0.3 is 0 Å². The van der Waals surface area contributed by atoms with E-state index in [1.165, 1.54) is 24.3 Å². The zero-order valence-electron chi connectivity index (χ0n) is 11.2. The molecule has 2 nitrogen and oxygen atoms in total. The topological polar surface area (TPSA) is 37.3 Å². The van der Waals surface area contributed by atoms with Gasteiger partial charge in [-0.3, -0.25) is 4.79 Å². The van der Waals surface area contributed by atoms with Crippen LogP contribution in [0, 0.1) is 0 Å². The lowest BCUT2D eigenvalue weighted by atomic mass is 9.88. The van der Waals surface area contributed by atoms with Crippen LogP contribution in [-0.2, 0) is 10.4 Å². The van der Waals surface area contributed by atoms with Crippen LogP contribution in [0.1, 0.15) is 5.56 Å². The van der Waals surface area contributed by atoms with Gasteiger partial charge in [-0.1, -0.05) is 48.0 Å². The first-order valence-electron chi connectivity index (χ1n) is 6.58. The van der Waals surface area contributed by atoms with Crippen molar-refractivity contribution in [3.8, 4) is 11.1 Å². The summed E-state index contributed by atoms with van der Waals surface area (Å²) in [6.07, 6.45) is 5.78. The zero-order chi connectivity index (χ0) is 14.9. The van der Waals surface area contributed by atoms with Crippen molar-refractivity contribution in [3.05, 3.63) is 83.4 Å². The highest BCUT2D eigenvalue weighted by molar-refractivity contribution is 6.30. The fourth-order valence-electron chi connectivity index (χ4n) is 2.29. The molecular formula is C18H13ClO2. The number of carbonyl (C=O) groups is 1. The van der Waals surface area contributed by atoms with E-state index in [2.05, 4.69) is 0 Å². The summed E-state index contributed by atoms with van der Waals surface area (Å²) in [5, 5.41) is 11.2. The molecule has 0 bridgehead atoms. The Hall–Kier alpha value is -2.16. The van der Waals surface area contributed by atoms with Crippen molar-refractivity contribution < 1.29 is 9.90 Å². The summed E-state index contributed by atoms with van der Waals surface area (Å²) in [7, 11) is 0. The fraction of sp³-hybridized carbons (Fsp3) is 0.0556. The second-order valence-corrected chi connectivity index (χ2v) is 5.42. The molecule has 0 fully saturated rings. The van der Waals surface area contributed by atoms with Crippen LogP contribution in [0.25, 0.3) is 11.1 Å². The number of hydrogen-bond acceptors (Lipinski definition) is 2. The third kappa shape index (κ3) is 2.82. The largest absolute Gasteiger partial charge is 0.377 e. The molecule has 0 saturated carbocycles. The molecule has 0 amide bonds. The van der Waals surface area contributed by atoms with E-state index < -0.39 is 5.60 Å². The highest BCUT2D eigenvalue weighted by atomic mass is 35.5. The lowest BCUT2D eigenvalue weighted by Gasteiger charge is -2.23. The van der Waals surface area contributed by atoms with E-state index in [1.807, 2.05) is 48.5 Å². The van der Waals surface area contributed by atoms with Crippen LogP contribution in [0.15, 0.2) is 72.8 Å². The maximum absolute atomic E-state index is 11.2. The number of rotatable bonds is 2. The predicted octanol–water partition coefficient (Wildman–Crippen LogP) is 3.89. The number of ketones is 1. The summed E-state index contributed by atoms with van der Waals surface area (Å²) in [4.78, 5) is 11.2. The fourth-order valence-corrected chi connectivity index (χ4v) is 2.42. The maximum Gasteiger partial charge on any atom is 0.178 e. The van der Waals surface area contributed by atoms with Crippen LogP contribution in [0.5, 0.6) is 0 Å². The van der Waals surface area contributed by atoms with Crippen molar-refractivity contribution in [3.63, 3.8) is 0 Å². The number of hydrogen-bond donors (Lipinski definition) is 1. The van der Waals surface area contributed by atoms with E-state index in [-0.39, 0.29) is 5.78 Å². The first-order chi connectivity index (χ1) is 10.1. The first-order valence-corrected chi connectivity index (χ1v) is 6.96. The minimum atomic E-state index is -1.22. The normalized spacial score (nSPS) is 16.2. The van der Waals surface area contributed by atoms with E-state index in [0.717, 1.165) is 16.7 Å². The Balaban J connectivity index is 1.91. The minimum absolute atomic E-state index is 0.113. The van der Waals surface area contributed by atoms with Crippen molar-refractivity contribution in [1.82, 2.24) is 0 Å². The molecule has 0 aromatic heterocycles. The molecule has 1 aliphatic carbocycles. The minimum Gasteiger partial charge on any atom is -0.377 e. The van der Waals surface area contributed by atoms with E-state index in [9.17, 15) is 9.90 Å². The second kappa shape index (κ2) is 5.32. The molecule has 104 valence electrons. The third-order valence-electron chi connectivity index (χ3n) is 3.53. The Morgan fingerprint density at radius 2 is 1.29 bits per heavy atom. The molecule has 1 aliphatic rings. The Morgan fingerprint density at radius 1 is 0.810 bits per heavy atom. The van der Waals surface area contributed by atoms with Gasteiger partial charge in [-0.2, -0.15) is 0 Å². The van der Waals surface area contributed by atoms with Crippen LogP contribution in [0.3, 0.4) is 0 Å². The molecule has 2 aromatic rings.